The van der Waals surface area contributed by atoms with Crippen molar-refractivity contribution in [1.29, 1.82) is 0 Å². The van der Waals surface area contributed by atoms with E-state index in [4.69, 9.17) is 4.74 Å². The van der Waals surface area contributed by atoms with Gasteiger partial charge in [-0.05, 0) is 17.7 Å². The summed E-state index contributed by atoms with van der Waals surface area (Å²) in [7, 11) is 0. The van der Waals surface area contributed by atoms with Crippen LogP contribution in [0.2, 0.25) is 0 Å². The van der Waals surface area contributed by atoms with Crippen LogP contribution in [0.5, 0.6) is 11.6 Å². The highest BCUT2D eigenvalue weighted by atomic mass is 79.9. The lowest BCUT2D eigenvalue weighted by molar-refractivity contribution is 0.457. The smallest absolute Gasteiger partial charge is 0.219 e. The average molecular weight is 361 g/mol. The number of ether oxygens (including phenoxy) is 1. The highest BCUT2D eigenvalue weighted by molar-refractivity contribution is 9.10. The largest absolute Gasteiger partial charge is 0.439 e. The van der Waals surface area contributed by atoms with Crippen molar-refractivity contribution >= 4 is 31.9 Å². The standard InChI is InChI=1S/C12H8Br2FNO/c13-6-8-1-2-12(16-7-8)17-11-4-9(14)3-10(15)5-11/h1-5,7H,6H2. The molecule has 5 heteroatoms. The zero-order valence-electron chi connectivity index (χ0n) is 8.66. The van der Waals surface area contributed by atoms with E-state index in [-0.39, 0.29) is 5.82 Å². The van der Waals surface area contributed by atoms with E-state index in [9.17, 15) is 4.39 Å². The summed E-state index contributed by atoms with van der Waals surface area (Å²) in [6.07, 6.45) is 1.71. The number of halogens is 3. The van der Waals surface area contributed by atoms with Gasteiger partial charge >= 0.3 is 0 Å². The van der Waals surface area contributed by atoms with Crippen LogP contribution in [0.15, 0.2) is 41.0 Å². The van der Waals surface area contributed by atoms with Crippen molar-refractivity contribution < 1.29 is 9.13 Å². The van der Waals surface area contributed by atoms with Crippen LogP contribution >= 0.6 is 31.9 Å². The molecule has 0 radical (unpaired) electrons. The molecular formula is C12H8Br2FNO. The first-order valence-corrected chi connectivity index (χ1v) is 6.73. The Bertz CT molecular complexity index is 496. The van der Waals surface area contributed by atoms with Crippen molar-refractivity contribution in [2.45, 2.75) is 5.33 Å². The third kappa shape index (κ3) is 3.51. The van der Waals surface area contributed by atoms with Crippen molar-refractivity contribution in [3.05, 3.63) is 52.4 Å². The molecule has 2 rings (SSSR count). The third-order valence-electron chi connectivity index (χ3n) is 2.01. The van der Waals surface area contributed by atoms with Crippen LogP contribution in [-0.4, -0.2) is 4.98 Å². The second-order valence-corrected chi connectivity index (χ2v) is 4.82. The molecule has 0 amide bonds. The van der Waals surface area contributed by atoms with Gasteiger partial charge in [0.15, 0.2) is 0 Å². The van der Waals surface area contributed by atoms with Crippen LogP contribution in [0, 0.1) is 5.82 Å². The Hall–Kier alpha value is -0.940. The molecule has 0 aliphatic carbocycles. The molecule has 0 unspecified atom stereocenters. The van der Waals surface area contributed by atoms with Gasteiger partial charge in [-0.3, -0.25) is 0 Å². The monoisotopic (exact) mass is 359 g/mol. The normalized spacial score (nSPS) is 10.3. The average Bonchev–Trinajstić information content (AvgIpc) is 2.28. The molecular weight excluding hydrogens is 353 g/mol. The second kappa shape index (κ2) is 5.60. The lowest BCUT2D eigenvalue weighted by Crippen LogP contribution is -1.89. The molecule has 17 heavy (non-hydrogen) atoms. The van der Waals surface area contributed by atoms with Crippen LogP contribution < -0.4 is 4.74 Å². The van der Waals surface area contributed by atoms with E-state index in [1.165, 1.54) is 12.1 Å². The maximum atomic E-state index is 13.1. The van der Waals surface area contributed by atoms with Crippen molar-refractivity contribution in [3.8, 4) is 11.6 Å². The van der Waals surface area contributed by atoms with Crippen molar-refractivity contribution in [1.82, 2.24) is 4.98 Å². The van der Waals surface area contributed by atoms with Crippen LogP contribution in [0.4, 0.5) is 4.39 Å². The van der Waals surface area contributed by atoms with Crippen molar-refractivity contribution in [3.63, 3.8) is 0 Å². The van der Waals surface area contributed by atoms with Gasteiger partial charge in [-0.25, -0.2) is 9.37 Å². The van der Waals surface area contributed by atoms with Gasteiger partial charge in [-0.15, -0.1) is 0 Å². The fraction of sp³-hybridized carbons (Fsp3) is 0.0833. The van der Waals surface area contributed by atoms with E-state index in [1.807, 2.05) is 6.07 Å². The fourth-order valence-electron chi connectivity index (χ4n) is 1.26. The van der Waals surface area contributed by atoms with E-state index < -0.39 is 0 Å². The first-order chi connectivity index (χ1) is 8.17. The quantitative estimate of drug-likeness (QED) is 0.742. The van der Waals surface area contributed by atoms with Gasteiger partial charge in [0.1, 0.15) is 11.6 Å². The lowest BCUT2D eigenvalue weighted by atomic mass is 10.3. The van der Waals surface area contributed by atoms with Gasteiger partial charge in [-0.2, -0.15) is 0 Å². The summed E-state index contributed by atoms with van der Waals surface area (Å²) in [6, 6.07) is 8.00. The van der Waals surface area contributed by atoms with Gasteiger partial charge in [-0.1, -0.05) is 37.9 Å². The summed E-state index contributed by atoms with van der Waals surface area (Å²) in [4.78, 5) is 4.11. The SMILES string of the molecule is Fc1cc(Br)cc(Oc2ccc(CBr)cn2)c1. The molecule has 2 aromatic rings. The second-order valence-electron chi connectivity index (χ2n) is 3.35. The zero-order valence-corrected chi connectivity index (χ0v) is 11.8. The molecule has 1 aromatic carbocycles. The van der Waals surface area contributed by atoms with Crippen LogP contribution in [0.3, 0.4) is 0 Å². The Labute approximate surface area is 115 Å². The predicted octanol–water partition coefficient (Wildman–Crippen LogP) is 4.67. The molecule has 1 heterocycles. The molecule has 0 saturated carbocycles. The van der Waals surface area contributed by atoms with E-state index in [2.05, 4.69) is 36.8 Å². The topological polar surface area (TPSA) is 22.1 Å². The van der Waals surface area contributed by atoms with Crippen molar-refractivity contribution in [2.75, 3.05) is 0 Å². The predicted molar refractivity (Wildman–Crippen MR) is 71.0 cm³/mol. The summed E-state index contributed by atoms with van der Waals surface area (Å²) < 4.78 is 19.2. The Morgan fingerprint density at radius 2 is 2.06 bits per heavy atom. The first-order valence-electron chi connectivity index (χ1n) is 4.82. The molecule has 2 nitrogen and oxygen atoms in total. The summed E-state index contributed by atoms with van der Waals surface area (Å²) in [5, 5.41) is 0.742. The van der Waals surface area contributed by atoms with E-state index in [1.54, 1.807) is 18.3 Å². The minimum atomic E-state index is -0.355. The lowest BCUT2D eigenvalue weighted by Gasteiger charge is -2.05. The van der Waals surface area contributed by atoms with Crippen LogP contribution in [-0.2, 0) is 5.33 Å². The fourth-order valence-corrected chi connectivity index (χ4v) is 2.03. The van der Waals surface area contributed by atoms with E-state index in [0.717, 1.165) is 10.9 Å². The number of alkyl halides is 1. The summed E-state index contributed by atoms with van der Waals surface area (Å²) in [5.74, 6) is 0.495. The highest BCUT2D eigenvalue weighted by Gasteiger charge is 2.02. The number of nitrogens with zero attached hydrogens (tertiary/aromatic N) is 1. The minimum Gasteiger partial charge on any atom is -0.439 e. The Balaban J connectivity index is 2.19. The van der Waals surface area contributed by atoms with Crippen LogP contribution in [0.1, 0.15) is 5.56 Å². The van der Waals surface area contributed by atoms with Gasteiger partial charge in [0.2, 0.25) is 5.88 Å². The van der Waals surface area contributed by atoms with Crippen molar-refractivity contribution in [2.24, 2.45) is 0 Å². The number of benzene rings is 1. The molecule has 0 saturated heterocycles. The van der Waals surface area contributed by atoms with E-state index in [0.29, 0.717) is 16.1 Å². The minimum absolute atomic E-state index is 0.355. The molecule has 0 fully saturated rings. The van der Waals surface area contributed by atoms with Gasteiger partial charge in [0, 0.05) is 28.1 Å². The molecule has 0 bridgehead atoms. The van der Waals surface area contributed by atoms with Crippen LogP contribution in [0.25, 0.3) is 0 Å². The van der Waals surface area contributed by atoms with Gasteiger partial charge in [0.25, 0.3) is 0 Å². The summed E-state index contributed by atoms with van der Waals surface area (Å²) in [5.41, 5.74) is 1.05. The van der Waals surface area contributed by atoms with E-state index >= 15 is 0 Å². The summed E-state index contributed by atoms with van der Waals surface area (Å²) in [6.45, 7) is 0. The molecule has 0 aliphatic heterocycles. The zero-order chi connectivity index (χ0) is 12.3. The molecule has 1 aromatic heterocycles. The maximum Gasteiger partial charge on any atom is 0.219 e. The highest BCUT2D eigenvalue weighted by Crippen LogP contribution is 2.24. The number of pyridine rings is 1. The number of hydrogen-bond acceptors (Lipinski definition) is 2. The third-order valence-corrected chi connectivity index (χ3v) is 3.12. The molecule has 0 aliphatic rings. The Morgan fingerprint density at radius 3 is 2.65 bits per heavy atom. The molecule has 0 spiro atoms. The molecule has 0 atom stereocenters. The molecule has 88 valence electrons. The Kier molecular flexibility index (Phi) is 4.12. The number of hydrogen-bond donors (Lipinski definition) is 0. The Morgan fingerprint density at radius 1 is 1.24 bits per heavy atom. The number of rotatable bonds is 3. The maximum absolute atomic E-state index is 13.1. The summed E-state index contributed by atoms with van der Waals surface area (Å²) >= 11 is 6.53. The molecule has 0 N–H and O–H groups in total. The van der Waals surface area contributed by atoms with Gasteiger partial charge < -0.3 is 4.74 Å². The van der Waals surface area contributed by atoms with Gasteiger partial charge in [0.05, 0.1) is 0 Å². The first kappa shape index (κ1) is 12.5. The number of aromatic nitrogens is 1.